The third kappa shape index (κ3) is 3.73. The van der Waals surface area contributed by atoms with Gasteiger partial charge in [-0.05, 0) is 60.1 Å². The van der Waals surface area contributed by atoms with Crippen molar-refractivity contribution in [3.05, 3.63) is 64.0 Å². The molecule has 2 saturated heterocycles. The Bertz CT molecular complexity index is 1300. The molecule has 2 aromatic rings. The number of nitrogens with one attached hydrogen (secondary N) is 1. The largest absolute Gasteiger partial charge is 0.492 e. The molecule has 0 aromatic heterocycles. The molecule has 8 nitrogen and oxygen atoms in total. The van der Waals surface area contributed by atoms with Crippen LogP contribution in [0.2, 0.25) is 0 Å². The van der Waals surface area contributed by atoms with Crippen LogP contribution in [-0.2, 0) is 22.6 Å². The molecular formula is C27H26FN3O5. The van der Waals surface area contributed by atoms with E-state index in [1.165, 1.54) is 17.0 Å². The minimum absolute atomic E-state index is 0.00857. The van der Waals surface area contributed by atoms with Crippen molar-refractivity contribution in [2.45, 2.75) is 50.6 Å². The Morgan fingerprint density at radius 3 is 2.64 bits per heavy atom. The van der Waals surface area contributed by atoms with Crippen LogP contribution < -0.4 is 10.1 Å². The molecule has 0 radical (unpaired) electrons. The van der Waals surface area contributed by atoms with E-state index in [9.17, 15) is 23.6 Å². The highest BCUT2D eigenvalue weighted by Crippen LogP contribution is 2.38. The third-order valence-electron chi connectivity index (χ3n) is 7.82. The molecule has 4 heterocycles. The van der Waals surface area contributed by atoms with Gasteiger partial charge in [-0.25, -0.2) is 4.39 Å². The second-order valence-electron chi connectivity index (χ2n) is 9.88. The molecule has 186 valence electrons. The number of benzene rings is 2. The van der Waals surface area contributed by atoms with E-state index in [1.807, 2.05) is 17.0 Å². The third-order valence-corrected chi connectivity index (χ3v) is 7.82. The minimum atomic E-state index is -0.743. The number of rotatable bonds is 3. The van der Waals surface area contributed by atoms with Crippen molar-refractivity contribution in [1.29, 1.82) is 0 Å². The fourth-order valence-electron chi connectivity index (χ4n) is 5.97. The molecule has 0 bridgehead atoms. The minimum Gasteiger partial charge on any atom is -0.492 e. The van der Waals surface area contributed by atoms with E-state index in [-0.39, 0.29) is 48.6 Å². The highest BCUT2D eigenvalue weighted by molar-refractivity contribution is 6.05. The lowest BCUT2D eigenvalue weighted by molar-refractivity contribution is -0.136. The van der Waals surface area contributed by atoms with E-state index >= 15 is 0 Å². The van der Waals surface area contributed by atoms with Gasteiger partial charge in [0.05, 0.1) is 12.2 Å². The van der Waals surface area contributed by atoms with Crippen LogP contribution in [0.1, 0.15) is 69.0 Å². The monoisotopic (exact) mass is 491 g/mol. The Balaban J connectivity index is 1.20. The first-order chi connectivity index (χ1) is 17.4. The maximum absolute atomic E-state index is 14.6. The number of nitrogens with zero attached hydrogens (tertiary/aromatic N) is 2. The van der Waals surface area contributed by atoms with Crippen LogP contribution in [0.4, 0.5) is 4.39 Å². The van der Waals surface area contributed by atoms with Gasteiger partial charge in [0.2, 0.25) is 11.8 Å². The number of hydrogen-bond acceptors (Lipinski definition) is 5. The Morgan fingerprint density at radius 2 is 1.86 bits per heavy atom. The Morgan fingerprint density at radius 1 is 1.06 bits per heavy atom. The molecule has 0 aliphatic carbocycles. The summed E-state index contributed by atoms with van der Waals surface area (Å²) in [4.78, 5) is 53.5. The molecule has 1 unspecified atom stereocenters. The standard InChI is InChI=1S/C27H26FN3O5/c28-17-12-19(21-14-31(27(35)20(21)13-17)22-4-5-23(32)29-25(22)33)15-6-9-30(10-7-15)26(34)18-3-1-2-16-8-11-36-24(16)18/h1-3,12-13,15,22H,4-11,14H2,(H,29,32,33). The number of imide groups is 1. The molecule has 4 aliphatic rings. The number of amides is 4. The molecule has 4 aliphatic heterocycles. The first kappa shape index (κ1) is 22.7. The van der Waals surface area contributed by atoms with E-state index in [4.69, 9.17) is 4.74 Å². The molecule has 0 spiro atoms. The highest BCUT2D eigenvalue weighted by atomic mass is 19.1. The summed E-state index contributed by atoms with van der Waals surface area (Å²) in [7, 11) is 0. The lowest BCUT2D eigenvalue weighted by Gasteiger charge is -2.33. The number of halogens is 1. The zero-order valence-electron chi connectivity index (χ0n) is 19.7. The van der Waals surface area contributed by atoms with Crippen molar-refractivity contribution >= 4 is 23.6 Å². The SMILES string of the molecule is O=C1CCC(N2Cc3c(cc(F)cc3C3CCN(C(=O)c4cccc5c4OCC5)CC3)C2=O)C(=O)N1. The summed E-state index contributed by atoms with van der Waals surface area (Å²) >= 11 is 0. The number of carbonyl (C=O) groups excluding carboxylic acids is 4. The Labute approximate surface area is 207 Å². The van der Waals surface area contributed by atoms with E-state index in [1.54, 1.807) is 6.07 Å². The first-order valence-electron chi connectivity index (χ1n) is 12.4. The van der Waals surface area contributed by atoms with Crippen LogP contribution in [0, 0.1) is 5.82 Å². The van der Waals surface area contributed by atoms with Crippen molar-refractivity contribution in [1.82, 2.24) is 15.1 Å². The smallest absolute Gasteiger partial charge is 0.257 e. The number of para-hydroxylation sites is 1. The number of piperidine rings is 2. The maximum atomic E-state index is 14.6. The van der Waals surface area contributed by atoms with E-state index in [0.29, 0.717) is 43.9 Å². The number of ether oxygens (including phenoxy) is 1. The summed E-state index contributed by atoms with van der Waals surface area (Å²) in [5.74, 6) is -1.09. The van der Waals surface area contributed by atoms with Crippen LogP contribution in [0.5, 0.6) is 5.75 Å². The average Bonchev–Trinajstić information content (AvgIpc) is 3.48. The molecule has 0 saturated carbocycles. The summed E-state index contributed by atoms with van der Waals surface area (Å²) in [6, 6.07) is 7.65. The van der Waals surface area contributed by atoms with Gasteiger partial charge in [-0.15, -0.1) is 0 Å². The average molecular weight is 492 g/mol. The molecule has 2 fully saturated rings. The van der Waals surface area contributed by atoms with Crippen LogP contribution in [-0.4, -0.2) is 59.2 Å². The number of likely N-dealkylation sites (tertiary alicyclic amines) is 1. The lowest BCUT2D eigenvalue weighted by atomic mass is 9.85. The lowest BCUT2D eigenvalue weighted by Crippen LogP contribution is -2.52. The fraction of sp³-hybridized carbons (Fsp3) is 0.407. The summed E-state index contributed by atoms with van der Waals surface area (Å²) in [6.07, 6.45) is 2.52. The summed E-state index contributed by atoms with van der Waals surface area (Å²) < 4.78 is 20.3. The predicted molar refractivity (Wildman–Crippen MR) is 126 cm³/mol. The van der Waals surface area contributed by atoms with Crippen LogP contribution in [0.15, 0.2) is 30.3 Å². The quantitative estimate of drug-likeness (QED) is 0.666. The van der Waals surface area contributed by atoms with E-state index in [2.05, 4.69) is 5.32 Å². The molecule has 36 heavy (non-hydrogen) atoms. The van der Waals surface area contributed by atoms with Crippen molar-refractivity contribution < 1.29 is 28.3 Å². The maximum Gasteiger partial charge on any atom is 0.257 e. The van der Waals surface area contributed by atoms with Crippen molar-refractivity contribution in [3.8, 4) is 5.75 Å². The van der Waals surface area contributed by atoms with Crippen molar-refractivity contribution in [2.24, 2.45) is 0 Å². The Kier molecular flexibility index (Phi) is 5.50. The molecule has 1 N–H and O–H groups in total. The summed E-state index contributed by atoms with van der Waals surface area (Å²) in [6.45, 7) is 1.83. The summed E-state index contributed by atoms with van der Waals surface area (Å²) in [5, 5.41) is 2.30. The van der Waals surface area contributed by atoms with E-state index in [0.717, 1.165) is 23.1 Å². The van der Waals surface area contributed by atoms with Gasteiger partial charge in [-0.3, -0.25) is 24.5 Å². The van der Waals surface area contributed by atoms with E-state index < -0.39 is 17.8 Å². The van der Waals surface area contributed by atoms with Crippen molar-refractivity contribution in [2.75, 3.05) is 19.7 Å². The summed E-state index contributed by atoms with van der Waals surface area (Å²) in [5.41, 5.74) is 3.43. The van der Waals surface area contributed by atoms with Crippen LogP contribution in [0.3, 0.4) is 0 Å². The predicted octanol–water partition coefficient (Wildman–Crippen LogP) is 2.54. The van der Waals surface area contributed by atoms with Gasteiger partial charge in [-0.1, -0.05) is 12.1 Å². The first-order valence-corrected chi connectivity index (χ1v) is 12.4. The van der Waals surface area contributed by atoms with Gasteiger partial charge in [-0.2, -0.15) is 0 Å². The van der Waals surface area contributed by atoms with Crippen LogP contribution in [0.25, 0.3) is 0 Å². The second kappa shape index (κ2) is 8.72. The normalized spacial score (nSPS) is 21.8. The van der Waals surface area contributed by atoms with Crippen molar-refractivity contribution in [3.63, 3.8) is 0 Å². The molecule has 1 atom stereocenters. The van der Waals surface area contributed by atoms with Gasteiger partial charge >= 0.3 is 0 Å². The second-order valence-corrected chi connectivity index (χ2v) is 9.88. The molecular weight excluding hydrogens is 465 g/mol. The molecule has 9 heteroatoms. The number of hydrogen-bond donors (Lipinski definition) is 1. The van der Waals surface area contributed by atoms with Gasteiger partial charge in [0.25, 0.3) is 11.8 Å². The Hall–Kier alpha value is -3.75. The molecule has 2 aromatic carbocycles. The zero-order chi connectivity index (χ0) is 25.0. The van der Waals surface area contributed by atoms with Gasteiger partial charge < -0.3 is 14.5 Å². The topological polar surface area (TPSA) is 96.0 Å². The molecule has 4 amide bonds. The highest BCUT2D eigenvalue weighted by Gasteiger charge is 2.41. The number of carbonyl (C=O) groups is 4. The van der Waals surface area contributed by atoms with Gasteiger partial charge in [0, 0.05) is 38.0 Å². The van der Waals surface area contributed by atoms with Gasteiger partial charge in [0.1, 0.15) is 17.6 Å². The fourth-order valence-corrected chi connectivity index (χ4v) is 5.97. The zero-order valence-corrected chi connectivity index (χ0v) is 19.7. The number of fused-ring (bicyclic) bond motifs is 2. The van der Waals surface area contributed by atoms with Gasteiger partial charge in [0.15, 0.2) is 0 Å². The van der Waals surface area contributed by atoms with Crippen LogP contribution >= 0.6 is 0 Å². The molecule has 6 rings (SSSR count).